The van der Waals surface area contributed by atoms with Crippen LogP contribution in [0.25, 0.3) is 11.6 Å². The van der Waals surface area contributed by atoms with E-state index in [-0.39, 0.29) is 12.4 Å². The van der Waals surface area contributed by atoms with Crippen LogP contribution >= 0.6 is 27.5 Å². The van der Waals surface area contributed by atoms with Gasteiger partial charge in [-0.05, 0) is 58.3 Å². The van der Waals surface area contributed by atoms with Gasteiger partial charge >= 0.3 is 0 Å². The van der Waals surface area contributed by atoms with Gasteiger partial charge in [0.2, 0.25) is 0 Å². The molecule has 0 aromatic heterocycles. The van der Waals surface area contributed by atoms with Crippen molar-refractivity contribution in [2.45, 2.75) is 13.5 Å². The van der Waals surface area contributed by atoms with Crippen LogP contribution in [0.5, 0.6) is 5.75 Å². The van der Waals surface area contributed by atoms with E-state index in [1.165, 1.54) is 6.07 Å². The third-order valence-electron chi connectivity index (χ3n) is 4.14. The number of allylic oxidation sites excluding steroid dienone is 1. The molecular formula is C23H16BrClFNO. The van der Waals surface area contributed by atoms with Crippen molar-refractivity contribution in [3.63, 3.8) is 0 Å². The van der Waals surface area contributed by atoms with Crippen LogP contribution in [0.4, 0.5) is 4.39 Å². The second kappa shape index (κ2) is 9.05. The van der Waals surface area contributed by atoms with Gasteiger partial charge in [-0.3, -0.25) is 0 Å². The molecule has 0 spiro atoms. The molecule has 140 valence electrons. The first-order chi connectivity index (χ1) is 13.5. The van der Waals surface area contributed by atoms with Crippen molar-refractivity contribution in [1.82, 2.24) is 0 Å². The maximum atomic E-state index is 13.8. The summed E-state index contributed by atoms with van der Waals surface area (Å²) < 4.78 is 20.1. The van der Waals surface area contributed by atoms with E-state index in [0.717, 1.165) is 16.7 Å². The zero-order valence-corrected chi connectivity index (χ0v) is 17.4. The zero-order valence-electron chi connectivity index (χ0n) is 15.0. The molecule has 0 fully saturated rings. The molecule has 28 heavy (non-hydrogen) atoms. The Hall–Kier alpha value is -2.61. The Kier molecular flexibility index (Phi) is 6.51. The maximum absolute atomic E-state index is 13.8. The van der Waals surface area contributed by atoms with Crippen LogP contribution in [0.1, 0.15) is 22.3 Å². The molecule has 0 radical (unpaired) electrons. The Morgan fingerprint density at radius 2 is 1.89 bits per heavy atom. The minimum atomic E-state index is -0.328. The smallest absolute Gasteiger partial charge is 0.152 e. The molecule has 5 heteroatoms. The molecule has 0 saturated heterocycles. The molecule has 0 aliphatic heterocycles. The van der Waals surface area contributed by atoms with Crippen molar-refractivity contribution in [3.8, 4) is 11.8 Å². The molecule has 0 unspecified atom stereocenters. The molecule has 3 aromatic carbocycles. The largest absolute Gasteiger partial charge is 0.486 e. The van der Waals surface area contributed by atoms with E-state index >= 15 is 0 Å². The van der Waals surface area contributed by atoms with Gasteiger partial charge in [0.1, 0.15) is 12.4 Å². The SMILES string of the molecule is Cc1ccc(/C(C#N)=C\c2cc(Cl)c(OCc3ccccc3F)c(Br)c2)cc1. The number of nitriles is 1. The highest BCUT2D eigenvalue weighted by atomic mass is 79.9. The standard InChI is InChI=1S/C23H16BrClFNO/c1-15-6-8-17(9-7-15)19(13-27)10-16-11-20(24)23(21(25)12-16)28-14-18-4-2-3-5-22(18)26/h2-12H,14H2,1H3/b19-10-. The number of halogens is 3. The molecule has 2 nitrogen and oxygen atoms in total. The number of aryl methyl sites for hydroxylation is 1. The lowest BCUT2D eigenvalue weighted by atomic mass is 10.0. The second-order valence-electron chi connectivity index (χ2n) is 6.23. The Morgan fingerprint density at radius 3 is 2.54 bits per heavy atom. The summed E-state index contributed by atoms with van der Waals surface area (Å²) in [5.74, 6) is 0.0990. The first-order valence-electron chi connectivity index (χ1n) is 8.52. The molecule has 3 aromatic rings. The van der Waals surface area contributed by atoms with Crippen molar-refractivity contribution >= 4 is 39.2 Å². The van der Waals surface area contributed by atoms with Crippen LogP contribution in [-0.4, -0.2) is 0 Å². The molecule has 0 saturated carbocycles. The molecule has 0 aliphatic rings. The highest BCUT2D eigenvalue weighted by molar-refractivity contribution is 9.10. The quantitative estimate of drug-likeness (QED) is 0.300. The Bertz CT molecular complexity index is 1050. The highest BCUT2D eigenvalue weighted by Gasteiger charge is 2.11. The lowest BCUT2D eigenvalue weighted by Crippen LogP contribution is -1.99. The minimum Gasteiger partial charge on any atom is -0.486 e. The van der Waals surface area contributed by atoms with Gasteiger partial charge < -0.3 is 4.74 Å². The van der Waals surface area contributed by atoms with Gasteiger partial charge in [0.15, 0.2) is 5.75 Å². The maximum Gasteiger partial charge on any atom is 0.152 e. The lowest BCUT2D eigenvalue weighted by Gasteiger charge is -2.12. The summed E-state index contributed by atoms with van der Waals surface area (Å²) in [6.45, 7) is 2.06. The third kappa shape index (κ3) is 4.81. The number of ether oxygens (including phenoxy) is 1. The summed E-state index contributed by atoms with van der Waals surface area (Å²) in [6, 6.07) is 19.9. The van der Waals surface area contributed by atoms with Crippen LogP contribution in [0.2, 0.25) is 5.02 Å². The molecule has 3 rings (SSSR count). The normalized spacial score (nSPS) is 11.2. The van der Waals surface area contributed by atoms with E-state index in [9.17, 15) is 9.65 Å². The Morgan fingerprint density at radius 1 is 1.18 bits per heavy atom. The van der Waals surface area contributed by atoms with Crippen LogP contribution in [-0.2, 0) is 6.61 Å². The van der Waals surface area contributed by atoms with Gasteiger partial charge in [-0.2, -0.15) is 5.26 Å². The summed E-state index contributed by atoms with van der Waals surface area (Å²) >= 11 is 9.83. The Balaban J connectivity index is 1.86. The summed E-state index contributed by atoms with van der Waals surface area (Å²) in [4.78, 5) is 0. The summed E-state index contributed by atoms with van der Waals surface area (Å²) in [6.07, 6.45) is 1.77. The van der Waals surface area contributed by atoms with Crippen molar-refractivity contribution < 1.29 is 9.13 Å². The number of benzene rings is 3. The molecule has 0 heterocycles. The van der Waals surface area contributed by atoms with E-state index in [4.69, 9.17) is 16.3 Å². The number of rotatable bonds is 5. The highest BCUT2D eigenvalue weighted by Crippen LogP contribution is 2.36. The lowest BCUT2D eigenvalue weighted by molar-refractivity contribution is 0.298. The molecule has 0 amide bonds. The Labute approximate surface area is 177 Å². The van der Waals surface area contributed by atoms with E-state index < -0.39 is 0 Å². The van der Waals surface area contributed by atoms with Crippen molar-refractivity contribution in [1.29, 1.82) is 5.26 Å². The predicted molar refractivity (Wildman–Crippen MR) is 115 cm³/mol. The van der Waals surface area contributed by atoms with Crippen LogP contribution in [0.3, 0.4) is 0 Å². The fraction of sp³-hybridized carbons (Fsp3) is 0.0870. The predicted octanol–water partition coefficient (Wildman–Crippen LogP) is 7.19. The van der Waals surface area contributed by atoms with Crippen molar-refractivity contribution in [3.05, 3.63) is 98.2 Å². The molecule has 0 bridgehead atoms. The van der Waals surface area contributed by atoms with E-state index in [1.807, 2.05) is 37.3 Å². The topological polar surface area (TPSA) is 33.0 Å². The average Bonchev–Trinajstić information content (AvgIpc) is 2.67. The summed E-state index contributed by atoms with van der Waals surface area (Å²) in [5, 5.41) is 9.89. The first kappa shape index (κ1) is 20.1. The van der Waals surface area contributed by atoms with Gasteiger partial charge in [0, 0.05) is 5.56 Å². The van der Waals surface area contributed by atoms with E-state index in [1.54, 1.807) is 30.3 Å². The average molecular weight is 457 g/mol. The van der Waals surface area contributed by atoms with Crippen LogP contribution < -0.4 is 4.74 Å². The van der Waals surface area contributed by atoms with Gasteiger partial charge in [-0.1, -0.05) is 59.6 Å². The van der Waals surface area contributed by atoms with Crippen molar-refractivity contribution in [2.75, 3.05) is 0 Å². The van der Waals surface area contributed by atoms with Crippen molar-refractivity contribution in [2.24, 2.45) is 0 Å². The molecule has 0 aliphatic carbocycles. The monoisotopic (exact) mass is 455 g/mol. The fourth-order valence-electron chi connectivity index (χ4n) is 2.65. The first-order valence-corrected chi connectivity index (χ1v) is 9.69. The molecule has 0 atom stereocenters. The van der Waals surface area contributed by atoms with Gasteiger partial charge in [0.05, 0.1) is 21.1 Å². The number of nitrogens with zero attached hydrogens (tertiary/aromatic N) is 1. The summed E-state index contributed by atoms with van der Waals surface area (Å²) in [7, 11) is 0. The zero-order chi connectivity index (χ0) is 20.1. The van der Waals surface area contributed by atoms with Gasteiger partial charge in [0.25, 0.3) is 0 Å². The molecular weight excluding hydrogens is 441 g/mol. The minimum absolute atomic E-state index is 0.0625. The number of hydrogen-bond acceptors (Lipinski definition) is 2. The van der Waals surface area contributed by atoms with Crippen LogP contribution in [0, 0.1) is 24.1 Å². The van der Waals surface area contributed by atoms with E-state index in [2.05, 4.69) is 22.0 Å². The number of hydrogen-bond donors (Lipinski definition) is 0. The van der Waals surface area contributed by atoms with Gasteiger partial charge in [-0.25, -0.2) is 4.39 Å². The third-order valence-corrected chi connectivity index (χ3v) is 5.01. The second-order valence-corrected chi connectivity index (χ2v) is 7.49. The summed E-state index contributed by atoms with van der Waals surface area (Å²) in [5.41, 5.74) is 3.69. The fourth-order valence-corrected chi connectivity index (χ4v) is 3.63. The van der Waals surface area contributed by atoms with E-state index in [0.29, 0.717) is 26.4 Å². The van der Waals surface area contributed by atoms with Crippen LogP contribution in [0.15, 0.2) is 65.1 Å². The van der Waals surface area contributed by atoms with Gasteiger partial charge in [-0.15, -0.1) is 0 Å². The molecule has 0 N–H and O–H groups in total.